The average Bonchev–Trinajstić information content (AvgIpc) is 3.24. The number of rotatable bonds is 2. The number of amides is 2. The Kier molecular flexibility index (Phi) is 4.21. The van der Waals surface area contributed by atoms with E-state index in [9.17, 15) is 9.59 Å². The summed E-state index contributed by atoms with van der Waals surface area (Å²) in [6.45, 7) is 0.925. The lowest BCUT2D eigenvalue weighted by molar-refractivity contribution is -0.124. The van der Waals surface area contributed by atoms with Gasteiger partial charge in [-0.25, -0.2) is 4.98 Å². The first-order valence-electron chi connectivity index (χ1n) is 8.34. The van der Waals surface area contributed by atoms with Gasteiger partial charge in [-0.1, -0.05) is 6.07 Å². The number of benzene rings is 1. The van der Waals surface area contributed by atoms with Crippen molar-refractivity contribution in [2.75, 3.05) is 22.9 Å². The zero-order valence-electron chi connectivity index (χ0n) is 13.9. The first kappa shape index (κ1) is 16.7. The van der Waals surface area contributed by atoms with Crippen molar-refractivity contribution in [3.63, 3.8) is 0 Å². The molecule has 0 aliphatic carbocycles. The highest BCUT2D eigenvalue weighted by Crippen LogP contribution is 2.32. The van der Waals surface area contributed by atoms with Gasteiger partial charge in [0.1, 0.15) is 4.60 Å². The molecule has 3 heterocycles. The summed E-state index contributed by atoms with van der Waals surface area (Å²) in [7, 11) is 0. The summed E-state index contributed by atoms with van der Waals surface area (Å²) in [5.74, 6) is -0.519. The number of fused-ring (bicyclic) bond motifs is 1. The molecular formula is C19H15BrN4O2. The van der Waals surface area contributed by atoms with Gasteiger partial charge in [-0.05, 0) is 46.3 Å². The third-order valence-electron chi connectivity index (χ3n) is 4.81. The van der Waals surface area contributed by atoms with E-state index in [1.54, 1.807) is 34.1 Å². The summed E-state index contributed by atoms with van der Waals surface area (Å²) in [5, 5.41) is 9.04. The van der Waals surface area contributed by atoms with Gasteiger partial charge in [0.15, 0.2) is 0 Å². The van der Waals surface area contributed by atoms with Crippen LogP contribution in [0, 0.1) is 17.2 Å². The van der Waals surface area contributed by atoms with Crippen LogP contribution in [0.25, 0.3) is 0 Å². The molecular weight excluding hydrogens is 396 g/mol. The fourth-order valence-corrected chi connectivity index (χ4v) is 3.90. The predicted octanol–water partition coefficient (Wildman–Crippen LogP) is 2.66. The van der Waals surface area contributed by atoms with E-state index in [0.29, 0.717) is 24.3 Å². The Morgan fingerprint density at radius 1 is 1.31 bits per heavy atom. The molecule has 0 saturated carbocycles. The molecule has 0 spiro atoms. The van der Waals surface area contributed by atoms with E-state index in [2.05, 4.69) is 27.0 Å². The minimum absolute atomic E-state index is 0.0415. The summed E-state index contributed by atoms with van der Waals surface area (Å²) < 4.78 is 0.755. The highest BCUT2D eigenvalue weighted by molar-refractivity contribution is 9.10. The summed E-state index contributed by atoms with van der Waals surface area (Å²) in [6, 6.07) is 12.7. The zero-order valence-corrected chi connectivity index (χ0v) is 15.4. The van der Waals surface area contributed by atoms with Crippen molar-refractivity contribution < 1.29 is 9.59 Å². The minimum atomic E-state index is -0.386. The largest absolute Gasteiger partial charge is 0.312 e. The molecule has 7 heteroatoms. The van der Waals surface area contributed by atoms with Crippen LogP contribution in [0.1, 0.15) is 17.7 Å². The van der Waals surface area contributed by atoms with Crippen LogP contribution in [0.3, 0.4) is 0 Å². The Bertz CT molecular complexity index is 953. The third kappa shape index (κ3) is 2.86. The van der Waals surface area contributed by atoms with Crippen molar-refractivity contribution >= 4 is 39.1 Å². The molecule has 130 valence electrons. The van der Waals surface area contributed by atoms with E-state index >= 15 is 0 Å². The van der Waals surface area contributed by atoms with E-state index in [4.69, 9.17) is 5.26 Å². The number of carbonyl (C=O) groups excluding carboxylic acids is 2. The molecule has 2 amide bonds. The predicted molar refractivity (Wildman–Crippen MR) is 99.6 cm³/mol. The number of hydrogen-bond acceptors (Lipinski definition) is 4. The Balaban J connectivity index is 1.54. The van der Waals surface area contributed by atoms with Crippen molar-refractivity contribution in [2.24, 2.45) is 5.92 Å². The van der Waals surface area contributed by atoms with Crippen molar-refractivity contribution in [3.05, 3.63) is 52.3 Å². The molecule has 4 rings (SSSR count). The highest BCUT2D eigenvalue weighted by Gasteiger charge is 2.39. The second-order valence-corrected chi connectivity index (χ2v) is 7.22. The lowest BCUT2D eigenvalue weighted by atomic mass is 10.1. The number of nitriles is 1. The van der Waals surface area contributed by atoms with Crippen LogP contribution in [-0.2, 0) is 16.0 Å². The topological polar surface area (TPSA) is 77.3 Å². The molecule has 6 nitrogen and oxygen atoms in total. The average molecular weight is 411 g/mol. The summed E-state index contributed by atoms with van der Waals surface area (Å²) in [4.78, 5) is 33.2. The molecule has 2 aliphatic rings. The maximum Gasteiger partial charge on any atom is 0.232 e. The minimum Gasteiger partial charge on any atom is -0.312 e. The van der Waals surface area contributed by atoms with Gasteiger partial charge in [0.2, 0.25) is 11.8 Å². The van der Waals surface area contributed by atoms with Crippen LogP contribution in [0.15, 0.2) is 41.0 Å². The molecule has 1 aromatic carbocycles. The molecule has 1 fully saturated rings. The number of pyridine rings is 1. The molecule has 1 aromatic heterocycles. The number of nitrogens with zero attached hydrogens (tertiary/aromatic N) is 4. The van der Waals surface area contributed by atoms with Gasteiger partial charge < -0.3 is 9.80 Å². The van der Waals surface area contributed by atoms with Gasteiger partial charge in [-0.3, -0.25) is 9.59 Å². The van der Waals surface area contributed by atoms with Crippen LogP contribution in [0.2, 0.25) is 0 Å². The summed E-state index contributed by atoms with van der Waals surface area (Å²) in [5.41, 5.74) is 2.89. The second-order valence-electron chi connectivity index (χ2n) is 6.41. The van der Waals surface area contributed by atoms with E-state index in [0.717, 1.165) is 22.4 Å². The van der Waals surface area contributed by atoms with Gasteiger partial charge in [0.25, 0.3) is 0 Å². The molecule has 2 aromatic rings. The molecule has 1 atom stereocenters. The SMILES string of the molecule is N#Cc1cccc(N2CC(C(=O)N3CCc4nc(Br)ccc43)CC2=O)c1. The fraction of sp³-hybridized carbons (Fsp3) is 0.263. The smallest absolute Gasteiger partial charge is 0.232 e. The van der Waals surface area contributed by atoms with Crippen LogP contribution < -0.4 is 9.80 Å². The lowest BCUT2D eigenvalue weighted by Crippen LogP contribution is -2.36. The number of carbonyl (C=O) groups is 2. The lowest BCUT2D eigenvalue weighted by Gasteiger charge is -2.21. The van der Waals surface area contributed by atoms with Crippen molar-refractivity contribution in [1.29, 1.82) is 5.26 Å². The Morgan fingerprint density at radius 2 is 2.15 bits per heavy atom. The Hall–Kier alpha value is -2.72. The monoisotopic (exact) mass is 410 g/mol. The fourth-order valence-electron chi connectivity index (χ4n) is 3.55. The van der Waals surface area contributed by atoms with Crippen molar-refractivity contribution in [3.8, 4) is 6.07 Å². The highest BCUT2D eigenvalue weighted by atomic mass is 79.9. The number of hydrogen-bond donors (Lipinski definition) is 0. The van der Waals surface area contributed by atoms with Crippen LogP contribution in [0.4, 0.5) is 11.4 Å². The van der Waals surface area contributed by atoms with E-state index < -0.39 is 0 Å². The number of aromatic nitrogens is 1. The van der Waals surface area contributed by atoms with Crippen molar-refractivity contribution in [2.45, 2.75) is 12.8 Å². The van der Waals surface area contributed by atoms with Crippen molar-refractivity contribution in [1.82, 2.24) is 4.98 Å². The normalized spacial score (nSPS) is 18.8. The Labute approximate surface area is 159 Å². The number of anilines is 2. The van der Waals surface area contributed by atoms with Crippen LogP contribution in [0.5, 0.6) is 0 Å². The standard InChI is InChI=1S/C19H15BrN4O2/c20-17-5-4-16-15(22-17)6-7-23(16)19(26)13-9-18(25)24(11-13)14-3-1-2-12(8-14)10-21/h1-5,8,13H,6-7,9,11H2. The molecule has 1 unspecified atom stereocenters. The molecule has 2 aliphatic heterocycles. The van der Waals surface area contributed by atoms with Gasteiger partial charge in [0, 0.05) is 31.6 Å². The maximum absolute atomic E-state index is 13.0. The number of halogens is 1. The van der Waals surface area contributed by atoms with Gasteiger partial charge >= 0.3 is 0 Å². The molecule has 0 radical (unpaired) electrons. The van der Waals surface area contributed by atoms with E-state index in [-0.39, 0.29) is 24.2 Å². The van der Waals surface area contributed by atoms with Crippen LogP contribution in [-0.4, -0.2) is 29.9 Å². The molecule has 1 saturated heterocycles. The molecule has 26 heavy (non-hydrogen) atoms. The van der Waals surface area contributed by atoms with Gasteiger partial charge in [0.05, 0.1) is 28.9 Å². The van der Waals surface area contributed by atoms with E-state index in [1.165, 1.54) is 0 Å². The summed E-state index contributed by atoms with van der Waals surface area (Å²) in [6.07, 6.45) is 0.903. The van der Waals surface area contributed by atoms with E-state index in [1.807, 2.05) is 12.1 Å². The van der Waals surface area contributed by atoms with Crippen LogP contribution >= 0.6 is 15.9 Å². The summed E-state index contributed by atoms with van der Waals surface area (Å²) >= 11 is 3.35. The molecule has 0 N–H and O–H groups in total. The van der Waals surface area contributed by atoms with Gasteiger partial charge in [-0.15, -0.1) is 0 Å². The molecule has 0 bridgehead atoms. The first-order chi connectivity index (χ1) is 12.6. The van der Waals surface area contributed by atoms with Gasteiger partial charge in [-0.2, -0.15) is 5.26 Å². The first-order valence-corrected chi connectivity index (χ1v) is 9.13. The second kappa shape index (κ2) is 6.54. The Morgan fingerprint density at radius 3 is 2.96 bits per heavy atom. The quantitative estimate of drug-likeness (QED) is 0.712. The zero-order chi connectivity index (χ0) is 18.3. The third-order valence-corrected chi connectivity index (χ3v) is 5.25. The maximum atomic E-state index is 13.0.